The van der Waals surface area contributed by atoms with Crippen LogP contribution >= 0.6 is 12.6 Å². The predicted molar refractivity (Wildman–Crippen MR) is 38.1 cm³/mol. The summed E-state index contributed by atoms with van der Waals surface area (Å²) in [7, 11) is -3.74. The molecule has 1 N–H and O–H groups in total. The van der Waals surface area contributed by atoms with Crippen molar-refractivity contribution in [1.29, 1.82) is 0 Å². The molecule has 0 aromatic rings. The second-order valence-electron chi connectivity index (χ2n) is 1.70. The lowest BCUT2D eigenvalue weighted by Crippen LogP contribution is -2.03. The van der Waals surface area contributed by atoms with Gasteiger partial charge in [0.15, 0.2) is 0 Å². The summed E-state index contributed by atoms with van der Waals surface area (Å²) in [4.78, 5) is 0. The molecule has 0 atom stereocenters. The summed E-state index contributed by atoms with van der Waals surface area (Å²) in [6.07, 6.45) is 1.14. The normalized spacial score (nSPS) is 11.8. The lowest BCUT2D eigenvalue weighted by molar-refractivity contribution is 0.481. The highest BCUT2D eigenvalue weighted by molar-refractivity contribution is 7.85. The van der Waals surface area contributed by atoms with Gasteiger partial charge in [-0.25, -0.2) is 0 Å². The van der Waals surface area contributed by atoms with Crippen LogP contribution in [0, 0.1) is 0 Å². The van der Waals surface area contributed by atoms with Crippen LogP contribution in [-0.2, 0) is 10.1 Å². The molecule has 55 valence electrons. The highest BCUT2D eigenvalue weighted by atomic mass is 32.2. The molecule has 0 aromatic carbocycles. The van der Waals surface area contributed by atoms with Crippen molar-refractivity contribution in [3.05, 3.63) is 0 Å². The van der Waals surface area contributed by atoms with E-state index < -0.39 is 10.1 Å². The van der Waals surface area contributed by atoms with E-state index in [1.165, 1.54) is 0 Å². The van der Waals surface area contributed by atoms with Gasteiger partial charge in [-0.1, -0.05) is 12.6 Å². The predicted octanol–water partition coefficient (Wildman–Crippen LogP) is 0.852. The van der Waals surface area contributed by atoms with Gasteiger partial charge in [-0.05, 0) is 12.8 Å². The molecule has 5 heteroatoms. The van der Waals surface area contributed by atoms with Gasteiger partial charge in [-0.2, -0.15) is 8.42 Å². The summed E-state index contributed by atoms with van der Waals surface area (Å²) in [6.45, 7) is 0. The first kappa shape index (κ1) is 9.26. The molecule has 0 saturated carbocycles. The second-order valence-corrected chi connectivity index (χ2v) is 3.68. The van der Waals surface area contributed by atoms with Crippen molar-refractivity contribution in [2.24, 2.45) is 0 Å². The molecule has 0 aliphatic rings. The van der Waals surface area contributed by atoms with Crippen LogP contribution < -0.4 is 0 Å². The van der Waals surface area contributed by atoms with Crippen molar-refractivity contribution in [2.75, 3.05) is 11.5 Å². The topological polar surface area (TPSA) is 54.4 Å². The van der Waals surface area contributed by atoms with Crippen LogP contribution in [0.2, 0.25) is 0 Å². The third-order valence-corrected chi connectivity index (χ3v) is 1.89. The fourth-order valence-corrected chi connectivity index (χ4v) is 1.16. The van der Waals surface area contributed by atoms with Gasteiger partial charge in [0.1, 0.15) is 0 Å². The number of hydrogen-bond acceptors (Lipinski definition) is 2. The Kier molecular flexibility index (Phi) is 4.26. The minimum Gasteiger partial charge on any atom is -0.286 e. The molecule has 0 aliphatic carbocycles. The highest BCUT2D eigenvalue weighted by Crippen LogP contribution is 1.94. The molecule has 0 unspecified atom stereocenters. The Morgan fingerprint density at radius 1 is 1.33 bits per heavy atom. The van der Waals surface area contributed by atoms with E-state index >= 15 is 0 Å². The average molecular weight is 169 g/mol. The molecule has 0 amide bonds. The zero-order valence-electron chi connectivity index (χ0n) is 4.91. The minimum absolute atomic E-state index is 0.163. The van der Waals surface area contributed by atoms with Crippen molar-refractivity contribution < 1.29 is 13.0 Å². The third kappa shape index (κ3) is 8.26. The maximum absolute atomic E-state index is 10.0. The Balaban J connectivity index is 3.30. The summed E-state index contributed by atoms with van der Waals surface area (Å²) in [6, 6.07) is 0. The molecule has 0 heterocycles. The number of hydrogen-bond donors (Lipinski definition) is 1. The smallest absolute Gasteiger partial charge is 0.264 e. The lowest BCUT2D eigenvalue weighted by atomic mass is 10.4. The van der Waals surface area contributed by atoms with Crippen LogP contribution in [0.5, 0.6) is 0 Å². The van der Waals surface area contributed by atoms with Crippen LogP contribution in [-0.4, -0.2) is 24.5 Å². The van der Waals surface area contributed by atoms with E-state index in [2.05, 4.69) is 12.6 Å². The molecule has 0 bridgehead atoms. The zero-order valence-corrected chi connectivity index (χ0v) is 6.54. The Labute approximate surface area is 60.6 Å². The molecular weight excluding hydrogens is 160 g/mol. The van der Waals surface area contributed by atoms with Gasteiger partial charge >= 0.3 is 0 Å². The molecule has 0 aliphatic heterocycles. The Morgan fingerprint density at radius 3 is 2.22 bits per heavy atom. The number of rotatable bonds is 4. The zero-order chi connectivity index (χ0) is 7.33. The fourth-order valence-electron chi connectivity index (χ4n) is 0.387. The first-order chi connectivity index (χ1) is 4.06. The molecule has 3 nitrogen and oxygen atoms in total. The van der Waals surface area contributed by atoms with Crippen LogP contribution in [0.3, 0.4) is 0 Å². The van der Waals surface area contributed by atoms with Gasteiger partial charge in [0.25, 0.3) is 10.1 Å². The van der Waals surface area contributed by atoms with Crippen LogP contribution in [0.25, 0.3) is 0 Å². The van der Waals surface area contributed by atoms with Gasteiger partial charge < -0.3 is 0 Å². The van der Waals surface area contributed by atoms with E-state index in [0.29, 0.717) is 18.6 Å². The first-order valence-corrected chi connectivity index (χ1v) is 4.78. The summed E-state index contributed by atoms with van der Waals surface area (Å²) in [5.41, 5.74) is 0. The monoisotopic (exact) mass is 169 g/mol. The Hall–Kier alpha value is 0.260. The van der Waals surface area contributed by atoms with Gasteiger partial charge in [0, 0.05) is 5.75 Å². The quantitative estimate of drug-likeness (QED) is 0.501. The molecule has 9 heavy (non-hydrogen) atoms. The van der Waals surface area contributed by atoms with Crippen molar-refractivity contribution in [3.8, 4) is 0 Å². The Morgan fingerprint density at radius 2 is 1.89 bits per heavy atom. The maximum Gasteiger partial charge on any atom is 0.264 e. The van der Waals surface area contributed by atoms with E-state index in [0.717, 1.165) is 0 Å². The molecule has 1 radical (unpaired) electrons. The molecule has 0 spiro atoms. The fraction of sp³-hybridized carbons (Fsp3) is 1.00. The number of unbranched alkanes of at least 4 members (excludes halogenated alkanes) is 1. The average Bonchev–Trinajstić information content (AvgIpc) is 1.63. The third-order valence-electron chi connectivity index (χ3n) is 0.797. The molecule has 0 aromatic heterocycles. The standard InChI is InChI=1S/C4H9O3S2/c5-9(6,7)4-2-1-3-8/h1-4H2,(H,5,6,7). The van der Waals surface area contributed by atoms with Crippen molar-refractivity contribution in [3.63, 3.8) is 0 Å². The molecule has 0 rings (SSSR count). The van der Waals surface area contributed by atoms with E-state index in [1.54, 1.807) is 0 Å². The van der Waals surface area contributed by atoms with Crippen molar-refractivity contribution in [1.82, 2.24) is 0 Å². The second kappa shape index (κ2) is 4.14. The summed E-state index contributed by atoms with van der Waals surface area (Å²) < 4.78 is 28.2. The van der Waals surface area contributed by atoms with Gasteiger partial charge in [-0.3, -0.25) is 4.55 Å². The van der Waals surface area contributed by atoms with Gasteiger partial charge in [0.2, 0.25) is 0 Å². The highest BCUT2D eigenvalue weighted by Gasteiger charge is 2.01. The van der Waals surface area contributed by atoms with Crippen molar-refractivity contribution >= 4 is 22.7 Å². The first-order valence-electron chi connectivity index (χ1n) is 2.59. The molecular formula is C4H9O3S2. The van der Waals surface area contributed by atoms with Crippen LogP contribution in [0.4, 0.5) is 0 Å². The lowest BCUT2D eigenvalue weighted by Gasteiger charge is -1.92. The van der Waals surface area contributed by atoms with E-state index in [1.807, 2.05) is 0 Å². The molecule has 0 fully saturated rings. The van der Waals surface area contributed by atoms with Crippen LogP contribution in [0.1, 0.15) is 12.8 Å². The Bertz CT molecular complexity index is 149. The summed E-state index contributed by atoms with van der Waals surface area (Å²) in [5, 5.41) is 0. The van der Waals surface area contributed by atoms with E-state index in [4.69, 9.17) is 4.55 Å². The van der Waals surface area contributed by atoms with E-state index in [-0.39, 0.29) is 5.75 Å². The van der Waals surface area contributed by atoms with Crippen molar-refractivity contribution in [2.45, 2.75) is 12.8 Å². The summed E-state index contributed by atoms with van der Waals surface area (Å²) >= 11 is 4.56. The SMILES string of the molecule is O=S(=O)(O)CCCC[S]. The minimum atomic E-state index is -3.74. The summed E-state index contributed by atoms with van der Waals surface area (Å²) in [5.74, 6) is 0.388. The maximum atomic E-state index is 10.0. The molecule has 0 saturated heterocycles. The van der Waals surface area contributed by atoms with Gasteiger partial charge in [0.05, 0.1) is 5.75 Å². The van der Waals surface area contributed by atoms with E-state index in [9.17, 15) is 8.42 Å². The van der Waals surface area contributed by atoms with Crippen LogP contribution in [0.15, 0.2) is 0 Å². The van der Waals surface area contributed by atoms with Gasteiger partial charge in [-0.15, -0.1) is 0 Å². The largest absolute Gasteiger partial charge is 0.286 e.